The number of carbonyl (C=O) groups is 1. The van der Waals surface area contributed by atoms with Crippen LogP contribution in [0.2, 0.25) is 0 Å². The Bertz CT molecular complexity index is 797. The summed E-state index contributed by atoms with van der Waals surface area (Å²) in [5, 5.41) is 10.7. The second-order valence-electron chi connectivity index (χ2n) is 11.6. The summed E-state index contributed by atoms with van der Waals surface area (Å²) in [6, 6.07) is 9.10. The molecule has 42 heavy (non-hydrogen) atoms. The minimum absolute atomic E-state index is 0.0539. The number of rotatable bonds is 28. The first-order valence-electron chi connectivity index (χ1n) is 16.7. The van der Waals surface area contributed by atoms with Crippen LogP contribution in [0.1, 0.15) is 148 Å². The number of esters is 1. The third-order valence-corrected chi connectivity index (χ3v) is 8.72. The zero-order valence-corrected chi connectivity index (χ0v) is 28.6. The summed E-state index contributed by atoms with van der Waals surface area (Å²) in [4.78, 5) is 12.6. The molecular formula is C34H60O6PS+. The summed E-state index contributed by atoms with van der Waals surface area (Å²) in [6.07, 6.45) is 21.9. The van der Waals surface area contributed by atoms with Crippen molar-refractivity contribution in [1.82, 2.24) is 0 Å². The summed E-state index contributed by atoms with van der Waals surface area (Å²) in [6.45, 7) is 6.27. The smallest absolute Gasteiger partial charge is 0.453 e. The fourth-order valence-electron chi connectivity index (χ4n) is 5.19. The average molecular weight is 628 g/mol. The first kappa shape index (κ1) is 39.0. The van der Waals surface area contributed by atoms with E-state index in [4.69, 9.17) is 26.8 Å². The number of carbonyl (C=O) groups excluding carboxylic acids is 1. The van der Waals surface area contributed by atoms with Crippen molar-refractivity contribution in [3.05, 3.63) is 35.9 Å². The Labute approximate surface area is 263 Å². The number of hydrogen-bond donors (Lipinski definition) is 2. The summed E-state index contributed by atoms with van der Waals surface area (Å²) in [5.74, 6) is -0.596. The Morgan fingerprint density at radius 1 is 0.833 bits per heavy atom. The number of hydrogen-bond acceptors (Lipinski definition) is 7. The van der Waals surface area contributed by atoms with E-state index in [0.29, 0.717) is 12.3 Å². The van der Waals surface area contributed by atoms with Gasteiger partial charge in [-0.3, -0.25) is 4.74 Å². The maximum Gasteiger partial charge on any atom is 0.472 e. The quantitative estimate of drug-likeness (QED) is 0.0316. The molecule has 0 aliphatic carbocycles. The van der Waals surface area contributed by atoms with Crippen LogP contribution in [-0.2, 0) is 30.2 Å². The molecule has 1 N–H and O–H groups in total. The van der Waals surface area contributed by atoms with Gasteiger partial charge in [0.05, 0.1) is 0 Å². The van der Waals surface area contributed by atoms with Gasteiger partial charge in [-0.2, -0.15) is 0 Å². The Morgan fingerprint density at radius 2 is 1.33 bits per heavy atom. The van der Waals surface area contributed by atoms with Crippen LogP contribution >= 0.6 is 21.1 Å². The molecule has 0 aliphatic rings. The van der Waals surface area contributed by atoms with Crippen LogP contribution in [0.3, 0.4) is 0 Å². The standard InChI is InChI=1S/C34H59O6PS/c1-4-7-9-11-13-15-17-20-24-29(23-19-16-14-12-10-8-5-2)27-32(42)39-31(6-3)40-34(36,41-37)33(35)38-28-30-25-21-18-22-26-30/h18,21-22,25-26,29,31-32,36,42H,4-17,19-20,23-24,27-28H2,1-3H3/p+1. The van der Waals surface area contributed by atoms with Crippen molar-refractivity contribution in [1.29, 1.82) is 0 Å². The van der Waals surface area contributed by atoms with Gasteiger partial charge in [0.15, 0.2) is 6.29 Å². The van der Waals surface area contributed by atoms with Gasteiger partial charge in [-0.05, 0) is 24.3 Å². The van der Waals surface area contributed by atoms with Gasteiger partial charge in [0.2, 0.25) is 0 Å². The highest BCUT2D eigenvalue weighted by Gasteiger charge is 2.51. The molecule has 0 aliphatic heterocycles. The second kappa shape index (κ2) is 25.4. The SMILES string of the molecule is CCCCCCCCCCC(CCCCCCCCC)CC(S)OC(CC)OC(O)([PH+]=O)C(=O)OCc1ccccc1. The Hall–Kier alpha value is -0.980. The third-order valence-electron chi connectivity index (χ3n) is 7.79. The molecule has 6 nitrogen and oxygen atoms in total. The number of thiol groups is 1. The molecule has 0 saturated heterocycles. The normalized spacial score (nSPS) is 15.3. The number of unbranched alkanes of at least 4 members (excludes halogenated alkanes) is 13. The molecule has 1 aromatic rings. The average Bonchev–Trinajstić information content (AvgIpc) is 3.00. The van der Waals surface area contributed by atoms with Crippen molar-refractivity contribution in [3.63, 3.8) is 0 Å². The molecule has 1 rings (SSSR count). The summed E-state index contributed by atoms with van der Waals surface area (Å²) >= 11 is 4.72. The van der Waals surface area contributed by atoms with Crippen molar-refractivity contribution in [2.45, 2.75) is 167 Å². The topological polar surface area (TPSA) is 82.1 Å². The Morgan fingerprint density at radius 3 is 1.81 bits per heavy atom. The first-order chi connectivity index (χ1) is 20.4. The van der Waals surface area contributed by atoms with Gasteiger partial charge in [0.1, 0.15) is 12.0 Å². The molecule has 8 heteroatoms. The minimum atomic E-state index is -2.59. The Balaban J connectivity index is 2.59. The van der Waals surface area contributed by atoms with Crippen LogP contribution < -0.4 is 0 Å². The van der Waals surface area contributed by atoms with E-state index in [1.807, 2.05) is 25.1 Å². The van der Waals surface area contributed by atoms with E-state index in [1.165, 1.54) is 96.3 Å². The number of benzene rings is 1. The molecule has 0 amide bonds. The lowest BCUT2D eigenvalue weighted by molar-refractivity contribution is -0.259. The van der Waals surface area contributed by atoms with E-state index >= 15 is 0 Å². The van der Waals surface area contributed by atoms with Crippen LogP contribution in [0.5, 0.6) is 0 Å². The molecule has 0 saturated carbocycles. The monoisotopic (exact) mass is 627 g/mol. The first-order valence-corrected chi connectivity index (χ1v) is 18.1. The number of aliphatic hydroxyl groups is 1. The van der Waals surface area contributed by atoms with Crippen LogP contribution in [-0.4, -0.2) is 28.3 Å². The molecule has 0 spiro atoms. The van der Waals surface area contributed by atoms with Crippen molar-refractivity contribution >= 4 is 27.1 Å². The molecule has 242 valence electrons. The van der Waals surface area contributed by atoms with E-state index in [0.717, 1.165) is 24.8 Å². The molecule has 0 bridgehead atoms. The molecule has 0 aromatic heterocycles. The van der Waals surface area contributed by atoms with E-state index in [9.17, 15) is 14.5 Å². The summed E-state index contributed by atoms with van der Waals surface area (Å²) in [5.41, 5.74) is -2.25. The highest BCUT2D eigenvalue weighted by atomic mass is 32.1. The van der Waals surface area contributed by atoms with Crippen LogP contribution in [0, 0.1) is 5.92 Å². The van der Waals surface area contributed by atoms with Crippen LogP contribution in [0.4, 0.5) is 0 Å². The highest BCUT2D eigenvalue weighted by molar-refractivity contribution is 7.80. The molecule has 0 radical (unpaired) electrons. The largest absolute Gasteiger partial charge is 0.472 e. The lowest BCUT2D eigenvalue weighted by Gasteiger charge is -2.26. The lowest BCUT2D eigenvalue weighted by Crippen LogP contribution is -2.42. The van der Waals surface area contributed by atoms with Gasteiger partial charge in [-0.15, -0.1) is 12.6 Å². The Kier molecular flexibility index (Phi) is 23.6. The van der Waals surface area contributed by atoms with E-state index in [2.05, 4.69) is 13.8 Å². The maximum absolute atomic E-state index is 12.6. The van der Waals surface area contributed by atoms with Crippen LogP contribution in [0.15, 0.2) is 30.3 Å². The van der Waals surface area contributed by atoms with Crippen LogP contribution in [0.25, 0.3) is 0 Å². The lowest BCUT2D eigenvalue weighted by atomic mass is 9.91. The van der Waals surface area contributed by atoms with Crippen molar-refractivity contribution in [2.24, 2.45) is 5.92 Å². The van der Waals surface area contributed by atoms with Crippen molar-refractivity contribution in [2.75, 3.05) is 0 Å². The van der Waals surface area contributed by atoms with E-state index in [1.54, 1.807) is 12.1 Å². The third kappa shape index (κ3) is 18.6. The van der Waals surface area contributed by atoms with Gasteiger partial charge < -0.3 is 14.6 Å². The molecule has 0 fully saturated rings. The predicted molar refractivity (Wildman–Crippen MR) is 177 cm³/mol. The fourth-order valence-corrected chi connectivity index (χ4v) is 5.95. The maximum atomic E-state index is 12.6. The minimum Gasteiger partial charge on any atom is -0.453 e. The molecule has 1 aromatic carbocycles. The second-order valence-corrected chi connectivity index (χ2v) is 13.1. The number of ether oxygens (including phenoxy) is 3. The summed E-state index contributed by atoms with van der Waals surface area (Å²) < 4.78 is 28.6. The zero-order chi connectivity index (χ0) is 30.9. The van der Waals surface area contributed by atoms with Gasteiger partial charge >= 0.3 is 20.0 Å². The predicted octanol–water partition coefficient (Wildman–Crippen LogP) is 10.1. The fraction of sp³-hybridized carbons (Fsp3) is 0.794. The molecule has 5 unspecified atom stereocenters. The van der Waals surface area contributed by atoms with Gasteiger partial charge in [-0.25, -0.2) is 4.79 Å². The van der Waals surface area contributed by atoms with E-state index < -0.39 is 31.7 Å². The molecule has 5 atom stereocenters. The molecular weight excluding hydrogens is 567 g/mol. The summed E-state index contributed by atoms with van der Waals surface area (Å²) in [7, 11) is -1.46. The van der Waals surface area contributed by atoms with Gasteiger partial charge in [0.25, 0.3) is 0 Å². The van der Waals surface area contributed by atoms with E-state index in [-0.39, 0.29) is 6.61 Å². The molecule has 0 heterocycles. The highest BCUT2D eigenvalue weighted by Crippen LogP contribution is 2.30. The van der Waals surface area contributed by atoms with Crippen molar-refractivity contribution in [3.8, 4) is 0 Å². The van der Waals surface area contributed by atoms with Crippen molar-refractivity contribution < 1.29 is 28.7 Å². The van der Waals surface area contributed by atoms with Gasteiger partial charge in [0, 0.05) is 0 Å². The zero-order valence-electron chi connectivity index (χ0n) is 26.7. The van der Waals surface area contributed by atoms with Gasteiger partial charge in [-0.1, -0.05) is 165 Å².